The summed E-state index contributed by atoms with van der Waals surface area (Å²) in [5.74, 6) is -3.42. The van der Waals surface area contributed by atoms with Crippen molar-refractivity contribution in [1.29, 1.82) is 0 Å². The standard InChI is InChI=1S/C10H11F3OS/c1-5(2)14-9-6(11)4-7(12)10(15-3)8(9)13/h4-5H,1-3H3. The quantitative estimate of drug-likeness (QED) is 0.741. The van der Waals surface area contributed by atoms with Crippen molar-refractivity contribution in [3.63, 3.8) is 0 Å². The molecule has 1 aromatic rings. The van der Waals surface area contributed by atoms with Crippen molar-refractivity contribution in [3.05, 3.63) is 23.5 Å². The second kappa shape index (κ2) is 4.79. The first kappa shape index (κ1) is 12.2. The monoisotopic (exact) mass is 236 g/mol. The lowest BCUT2D eigenvalue weighted by Gasteiger charge is -2.13. The molecule has 84 valence electrons. The minimum atomic E-state index is -1.02. The van der Waals surface area contributed by atoms with E-state index >= 15 is 0 Å². The lowest BCUT2D eigenvalue weighted by Crippen LogP contribution is -2.09. The van der Waals surface area contributed by atoms with Crippen molar-refractivity contribution >= 4 is 11.8 Å². The third-order valence-electron chi connectivity index (χ3n) is 1.64. The molecule has 1 nitrogen and oxygen atoms in total. The van der Waals surface area contributed by atoms with Gasteiger partial charge in [-0.3, -0.25) is 0 Å². The zero-order chi connectivity index (χ0) is 11.6. The molecular formula is C10H11F3OS. The number of rotatable bonds is 3. The van der Waals surface area contributed by atoms with Gasteiger partial charge in [-0.2, -0.15) is 0 Å². The van der Waals surface area contributed by atoms with Gasteiger partial charge in [-0.15, -0.1) is 11.8 Å². The molecule has 1 aromatic carbocycles. The minimum absolute atomic E-state index is 0.230. The topological polar surface area (TPSA) is 9.23 Å². The SMILES string of the molecule is CSc1c(F)cc(F)c(OC(C)C)c1F. The lowest BCUT2D eigenvalue weighted by atomic mass is 10.3. The van der Waals surface area contributed by atoms with E-state index in [4.69, 9.17) is 4.74 Å². The van der Waals surface area contributed by atoms with E-state index in [1.807, 2.05) is 0 Å². The third-order valence-corrected chi connectivity index (χ3v) is 2.43. The van der Waals surface area contributed by atoms with Gasteiger partial charge in [-0.1, -0.05) is 0 Å². The van der Waals surface area contributed by atoms with Crippen LogP contribution in [0, 0.1) is 17.5 Å². The molecule has 0 N–H and O–H groups in total. The fraction of sp³-hybridized carbons (Fsp3) is 0.400. The van der Waals surface area contributed by atoms with Crippen LogP contribution in [0.5, 0.6) is 5.75 Å². The Balaban J connectivity index is 3.26. The van der Waals surface area contributed by atoms with Crippen LogP contribution in [0.4, 0.5) is 13.2 Å². The summed E-state index contributed by atoms with van der Waals surface area (Å²) in [4.78, 5) is -0.230. The van der Waals surface area contributed by atoms with Gasteiger partial charge in [0.1, 0.15) is 5.82 Å². The number of ether oxygens (including phenoxy) is 1. The Morgan fingerprint density at radius 1 is 1.20 bits per heavy atom. The average Bonchev–Trinajstić information content (AvgIpc) is 2.12. The molecule has 0 saturated heterocycles. The van der Waals surface area contributed by atoms with Crippen LogP contribution in [0.1, 0.15) is 13.8 Å². The fourth-order valence-corrected chi connectivity index (χ4v) is 1.61. The molecule has 5 heteroatoms. The van der Waals surface area contributed by atoms with Gasteiger partial charge in [0.15, 0.2) is 17.4 Å². The van der Waals surface area contributed by atoms with Crippen LogP contribution in [0.3, 0.4) is 0 Å². The van der Waals surface area contributed by atoms with Gasteiger partial charge in [0, 0.05) is 6.07 Å². The Labute approximate surface area is 90.6 Å². The predicted octanol–water partition coefficient (Wildman–Crippen LogP) is 3.61. The lowest BCUT2D eigenvalue weighted by molar-refractivity contribution is 0.216. The maximum atomic E-state index is 13.5. The molecule has 0 aromatic heterocycles. The number of benzene rings is 1. The second-order valence-corrected chi connectivity index (χ2v) is 4.00. The van der Waals surface area contributed by atoms with Crippen molar-refractivity contribution in [2.45, 2.75) is 24.8 Å². The predicted molar refractivity (Wildman–Crippen MR) is 53.9 cm³/mol. The van der Waals surface area contributed by atoms with E-state index in [0.717, 1.165) is 11.8 Å². The van der Waals surface area contributed by atoms with Gasteiger partial charge in [0.05, 0.1) is 11.0 Å². The molecule has 0 spiro atoms. The molecule has 0 atom stereocenters. The van der Waals surface area contributed by atoms with Gasteiger partial charge in [0.25, 0.3) is 0 Å². The minimum Gasteiger partial charge on any atom is -0.485 e. The van der Waals surface area contributed by atoms with Crippen LogP contribution < -0.4 is 4.74 Å². The molecule has 15 heavy (non-hydrogen) atoms. The molecule has 0 unspecified atom stereocenters. The summed E-state index contributed by atoms with van der Waals surface area (Å²) in [6.45, 7) is 3.28. The molecule has 0 radical (unpaired) electrons. The summed E-state index contributed by atoms with van der Waals surface area (Å²) in [5.41, 5.74) is 0. The Kier molecular flexibility index (Phi) is 3.90. The van der Waals surface area contributed by atoms with Crippen molar-refractivity contribution in [2.75, 3.05) is 6.26 Å². The second-order valence-electron chi connectivity index (χ2n) is 3.18. The Morgan fingerprint density at radius 2 is 1.80 bits per heavy atom. The highest BCUT2D eigenvalue weighted by Crippen LogP contribution is 2.32. The van der Waals surface area contributed by atoms with Crippen molar-refractivity contribution in [2.24, 2.45) is 0 Å². The molecular weight excluding hydrogens is 225 g/mol. The largest absolute Gasteiger partial charge is 0.485 e. The summed E-state index contributed by atoms with van der Waals surface area (Å²) < 4.78 is 44.7. The van der Waals surface area contributed by atoms with Gasteiger partial charge in [0.2, 0.25) is 0 Å². The van der Waals surface area contributed by atoms with Gasteiger partial charge < -0.3 is 4.74 Å². The maximum absolute atomic E-state index is 13.5. The molecule has 0 aliphatic rings. The van der Waals surface area contributed by atoms with Crippen LogP contribution in [0.2, 0.25) is 0 Å². The normalized spacial score (nSPS) is 10.9. The molecule has 0 fully saturated rings. The average molecular weight is 236 g/mol. The fourth-order valence-electron chi connectivity index (χ4n) is 1.09. The van der Waals surface area contributed by atoms with E-state index < -0.39 is 23.2 Å². The first-order valence-electron chi connectivity index (χ1n) is 4.35. The molecule has 0 saturated carbocycles. The number of hydrogen-bond acceptors (Lipinski definition) is 2. The smallest absolute Gasteiger partial charge is 0.192 e. The van der Waals surface area contributed by atoms with Crippen molar-refractivity contribution < 1.29 is 17.9 Å². The summed E-state index contributed by atoms with van der Waals surface area (Å²) in [6.07, 6.45) is 1.15. The van der Waals surface area contributed by atoms with E-state index in [1.54, 1.807) is 13.8 Å². The van der Waals surface area contributed by atoms with Crippen LogP contribution in [-0.2, 0) is 0 Å². The van der Waals surface area contributed by atoms with Crippen molar-refractivity contribution in [1.82, 2.24) is 0 Å². The molecule has 0 bridgehead atoms. The van der Waals surface area contributed by atoms with Crippen molar-refractivity contribution in [3.8, 4) is 5.75 Å². The zero-order valence-corrected chi connectivity index (χ0v) is 9.42. The molecule has 0 aliphatic carbocycles. The first-order chi connectivity index (χ1) is 6.97. The molecule has 0 aliphatic heterocycles. The third kappa shape index (κ3) is 2.59. The Hall–Kier alpha value is -0.840. The van der Waals surface area contributed by atoms with Crippen LogP contribution in [0.15, 0.2) is 11.0 Å². The van der Waals surface area contributed by atoms with E-state index in [-0.39, 0.29) is 11.0 Å². The first-order valence-corrected chi connectivity index (χ1v) is 5.58. The van der Waals surface area contributed by atoms with Crippen LogP contribution >= 0.6 is 11.8 Å². The number of hydrogen-bond donors (Lipinski definition) is 0. The van der Waals surface area contributed by atoms with Gasteiger partial charge in [-0.25, -0.2) is 13.2 Å². The number of halogens is 3. The highest BCUT2D eigenvalue weighted by molar-refractivity contribution is 7.98. The summed E-state index contributed by atoms with van der Waals surface area (Å²) in [5, 5.41) is 0. The van der Waals surface area contributed by atoms with E-state index in [9.17, 15) is 13.2 Å². The van der Waals surface area contributed by atoms with E-state index in [0.29, 0.717) is 6.07 Å². The molecule has 0 heterocycles. The molecule has 1 rings (SSSR count). The van der Waals surface area contributed by atoms with Gasteiger partial charge >= 0.3 is 0 Å². The van der Waals surface area contributed by atoms with Gasteiger partial charge in [-0.05, 0) is 20.1 Å². The Morgan fingerprint density at radius 3 is 2.27 bits per heavy atom. The number of thioether (sulfide) groups is 1. The Bertz CT molecular complexity index is 366. The summed E-state index contributed by atoms with van der Waals surface area (Å²) >= 11 is 0.875. The summed E-state index contributed by atoms with van der Waals surface area (Å²) in [7, 11) is 0. The van der Waals surface area contributed by atoms with E-state index in [2.05, 4.69) is 0 Å². The van der Waals surface area contributed by atoms with Crippen LogP contribution in [-0.4, -0.2) is 12.4 Å². The highest BCUT2D eigenvalue weighted by Gasteiger charge is 2.20. The summed E-state index contributed by atoms with van der Waals surface area (Å²) in [6, 6.07) is 0.632. The maximum Gasteiger partial charge on any atom is 0.192 e. The zero-order valence-electron chi connectivity index (χ0n) is 8.61. The van der Waals surface area contributed by atoms with Crippen LogP contribution in [0.25, 0.3) is 0 Å². The molecule has 0 amide bonds. The van der Waals surface area contributed by atoms with E-state index in [1.165, 1.54) is 6.26 Å². The highest BCUT2D eigenvalue weighted by atomic mass is 32.2.